The van der Waals surface area contributed by atoms with E-state index in [1.165, 1.54) is 6.42 Å². The number of nitro benzene ring substituents is 1. The monoisotopic (exact) mass is 262 g/mol. The summed E-state index contributed by atoms with van der Waals surface area (Å²) >= 11 is 0. The summed E-state index contributed by atoms with van der Waals surface area (Å²) in [6.45, 7) is 6.34. The van der Waals surface area contributed by atoms with E-state index < -0.39 is 0 Å². The van der Waals surface area contributed by atoms with Gasteiger partial charge in [0.15, 0.2) is 0 Å². The molecule has 4 heteroatoms. The van der Waals surface area contributed by atoms with Crippen molar-refractivity contribution in [2.45, 2.75) is 46.1 Å². The van der Waals surface area contributed by atoms with Crippen LogP contribution in [0.2, 0.25) is 0 Å². The van der Waals surface area contributed by atoms with Crippen LogP contribution >= 0.6 is 0 Å². The van der Waals surface area contributed by atoms with Crippen LogP contribution < -0.4 is 5.32 Å². The number of hydrogen-bond donors (Lipinski definition) is 1. The molecule has 1 aromatic carbocycles. The number of anilines is 1. The molecule has 3 unspecified atom stereocenters. The van der Waals surface area contributed by atoms with Crippen molar-refractivity contribution in [3.8, 4) is 0 Å². The Morgan fingerprint density at radius 3 is 2.63 bits per heavy atom. The minimum absolute atomic E-state index is 0.216. The van der Waals surface area contributed by atoms with Crippen LogP contribution in [0.4, 0.5) is 11.4 Å². The number of hydrogen-bond acceptors (Lipinski definition) is 3. The Hall–Kier alpha value is -1.58. The van der Waals surface area contributed by atoms with Gasteiger partial charge in [0, 0.05) is 11.6 Å². The van der Waals surface area contributed by atoms with E-state index >= 15 is 0 Å². The van der Waals surface area contributed by atoms with Crippen LogP contribution in [-0.4, -0.2) is 11.0 Å². The smallest absolute Gasteiger partial charge is 0.295 e. The van der Waals surface area contributed by atoms with Gasteiger partial charge in [0.05, 0.1) is 4.92 Å². The van der Waals surface area contributed by atoms with E-state index in [4.69, 9.17) is 0 Å². The van der Waals surface area contributed by atoms with Gasteiger partial charge in [-0.3, -0.25) is 10.1 Å². The zero-order chi connectivity index (χ0) is 14.0. The molecule has 0 aliphatic heterocycles. The zero-order valence-corrected chi connectivity index (χ0v) is 11.8. The van der Waals surface area contributed by atoms with E-state index in [2.05, 4.69) is 19.2 Å². The van der Waals surface area contributed by atoms with Gasteiger partial charge in [-0.25, -0.2) is 0 Å². The third kappa shape index (κ3) is 3.06. The second-order valence-corrected chi connectivity index (χ2v) is 5.84. The molecule has 4 nitrogen and oxygen atoms in total. The molecule has 2 rings (SSSR count). The zero-order valence-electron chi connectivity index (χ0n) is 11.8. The molecule has 104 valence electrons. The first-order valence-electron chi connectivity index (χ1n) is 6.99. The van der Waals surface area contributed by atoms with Crippen molar-refractivity contribution in [2.75, 3.05) is 5.32 Å². The third-order valence-corrected chi connectivity index (χ3v) is 4.38. The quantitative estimate of drug-likeness (QED) is 0.658. The number of nitro groups is 1. The highest BCUT2D eigenvalue weighted by Crippen LogP contribution is 2.34. The molecule has 3 atom stereocenters. The fourth-order valence-electron chi connectivity index (χ4n) is 2.92. The van der Waals surface area contributed by atoms with Crippen LogP contribution in [-0.2, 0) is 0 Å². The van der Waals surface area contributed by atoms with E-state index in [-0.39, 0.29) is 10.6 Å². The number of nitrogens with one attached hydrogen (secondary N) is 1. The Morgan fingerprint density at radius 2 is 2.00 bits per heavy atom. The molecule has 0 radical (unpaired) electrons. The Balaban J connectivity index is 2.15. The van der Waals surface area contributed by atoms with Gasteiger partial charge < -0.3 is 5.32 Å². The fourth-order valence-corrected chi connectivity index (χ4v) is 2.92. The van der Waals surface area contributed by atoms with Crippen molar-refractivity contribution >= 4 is 11.4 Å². The molecule has 1 fully saturated rings. The van der Waals surface area contributed by atoms with Crippen molar-refractivity contribution in [1.82, 2.24) is 0 Å². The average Bonchev–Trinajstić information content (AvgIpc) is 2.33. The van der Waals surface area contributed by atoms with Crippen LogP contribution in [0.25, 0.3) is 0 Å². The Labute approximate surface area is 114 Å². The lowest BCUT2D eigenvalue weighted by Crippen LogP contribution is -2.30. The molecule has 19 heavy (non-hydrogen) atoms. The van der Waals surface area contributed by atoms with Crippen molar-refractivity contribution in [3.63, 3.8) is 0 Å². The van der Waals surface area contributed by atoms with Gasteiger partial charge in [0.1, 0.15) is 5.69 Å². The molecule has 1 saturated carbocycles. The highest BCUT2D eigenvalue weighted by atomic mass is 16.6. The first-order chi connectivity index (χ1) is 8.99. The summed E-state index contributed by atoms with van der Waals surface area (Å²) in [5.41, 5.74) is 1.60. The SMILES string of the molecule is Cc1cccc(NC2CCC(C)C(C)C2)c1[N+](=O)[O-]. The van der Waals surface area contributed by atoms with Gasteiger partial charge in [-0.05, 0) is 44.1 Å². The summed E-state index contributed by atoms with van der Waals surface area (Å²) in [4.78, 5) is 10.9. The summed E-state index contributed by atoms with van der Waals surface area (Å²) in [7, 11) is 0. The van der Waals surface area contributed by atoms with Gasteiger partial charge in [-0.1, -0.05) is 26.0 Å². The lowest BCUT2D eigenvalue weighted by atomic mass is 9.79. The van der Waals surface area contributed by atoms with Crippen LogP contribution in [0, 0.1) is 28.9 Å². The second kappa shape index (κ2) is 5.59. The number of benzene rings is 1. The van der Waals surface area contributed by atoms with Crippen LogP contribution in [0.3, 0.4) is 0 Å². The van der Waals surface area contributed by atoms with Gasteiger partial charge in [0.2, 0.25) is 0 Å². The summed E-state index contributed by atoms with van der Waals surface area (Å²) in [6.07, 6.45) is 3.38. The number of para-hydroxylation sites is 1. The number of rotatable bonds is 3. The minimum atomic E-state index is -0.285. The summed E-state index contributed by atoms with van der Waals surface area (Å²) in [5, 5.41) is 14.5. The van der Waals surface area contributed by atoms with Gasteiger partial charge in [-0.15, -0.1) is 0 Å². The molecule has 0 saturated heterocycles. The predicted octanol–water partition coefficient (Wildman–Crippen LogP) is 4.14. The molecule has 0 amide bonds. The maximum Gasteiger partial charge on any atom is 0.295 e. The van der Waals surface area contributed by atoms with Crippen LogP contribution in [0.5, 0.6) is 0 Å². The molecule has 1 aromatic rings. The Morgan fingerprint density at radius 1 is 1.26 bits per heavy atom. The molecular weight excluding hydrogens is 240 g/mol. The maximum atomic E-state index is 11.2. The molecule has 0 aromatic heterocycles. The molecule has 1 aliphatic rings. The molecule has 0 heterocycles. The highest BCUT2D eigenvalue weighted by molar-refractivity contribution is 5.65. The van der Waals surface area contributed by atoms with E-state index in [1.54, 1.807) is 13.0 Å². The Bertz CT molecular complexity index is 473. The maximum absolute atomic E-state index is 11.2. The minimum Gasteiger partial charge on any atom is -0.377 e. The van der Waals surface area contributed by atoms with Crippen molar-refractivity contribution in [1.29, 1.82) is 0 Å². The number of nitrogens with zero attached hydrogens (tertiary/aromatic N) is 1. The van der Waals surface area contributed by atoms with E-state index in [0.29, 0.717) is 23.2 Å². The molecule has 0 spiro atoms. The fraction of sp³-hybridized carbons (Fsp3) is 0.600. The summed E-state index contributed by atoms with van der Waals surface area (Å²) in [6, 6.07) is 5.83. The molecule has 1 N–H and O–H groups in total. The van der Waals surface area contributed by atoms with Gasteiger partial charge >= 0.3 is 0 Å². The lowest BCUT2D eigenvalue weighted by Gasteiger charge is -2.33. The molecule has 0 bridgehead atoms. The first kappa shape index (κ1) is 13.8. The highest BCUT2D eigenvalue weighted by Gasteiger charge is 2.26. The average molecular weight is 262 g/mol. The largest absolute Gasteiger partial charge is 0.377 e. The number of aryl methyl sites for hydroxylation is 1. The van der Waals surface area contributed by atoms with E-state index in [1.807, 2.05) is 12.1 Å². The summed E-state index contributed by atoms with van der Waals surface area (Å²) < 4.78 is 0. The molecular formula is C15H22N2O2. The van der Waals surface area contributed by atoms with Crippen molar-refractivity contribution in [3.05, 3.63) is 33.9 Å². The first-order valence-corrected chi connectivity index (χ1v) is 6.99. The van der Waals surface area contributed by atoms with Gasteiger partial charge in [0.25, 0.3) is 5.69 Å². The van der Waals surface area contributed by atoms with Crippen LogP contribution in [0.1, 0.15) is 38.7 Å². The predicted molar refractivity (Wildman–Crippen MR) is 77.4 cm³/mol. The normalized spacial score (nSPS) is 27.0. The van der Waals surface area contributed by atoms with Gasteiger partial charge in [-0.2, -0.15) is 0 Å². The Kier molecular flexibility index (Phi) is 4.08. The standard InChI is InChI=1S/C15H22N2O2/c1-10-7-8-13(9-12(10)3)16-14-6-4-5-11(2)15(14)17(18)19/h4-6,10,12-13,16H,7-9H2,1-3H3. The van der Waals surface area contributed by atoms with E-state index in [0.717, 1.165) is 18.8 Å². The lowest BCUT2D eigenvalue weighted by molar-refractivity contribution is -0.384. The summed E-state index contributed by atoms with van der Waals surface area (Å²) in [5.74, 6) is 1.43. The second-order valence-electron chi connectivity index (χ2n) is 5.84. The van der Waals surface area contributed by atoms with Crippen LogP contribution in [0.15, 0.2) is 18.2 Å². The third-order valence-electron chi connectivity index (χ3n) is 4.38. The van der Waals surface area contributed by atoms with Crippen molar-refractivity contribution < 1.29 is 4.92 Å². The van der Waals surface area contributed by atoms with Crippen molar-refractivity contribution in [2.24, 2.45) is 11.8 Å². The topological polar surface area (TPSA) is 55.2 Å². The van der Waals surface area contributed by atoms with E-state index in [9.17, 15) is 10.1 Å². The molecule has 1 aliphatic carbocycles.